The fraction of sp³-hybridized carbons (Fsp3) is 0.0652. The zero-order chi connectivity index (χ0) is 34.6. The minimum atomic E-state index is 0.260. The lowest BCUT2D eigenvalue weighted by molar-refractivity contribution is 0.723. The van der Waals surface area contributed by atoms with Crippen LogP contribution in [0.5, 0.6) is 0 Å². The van der Waals surface area contributed by atoms with Gasteiger partial charge in [0.05, 0.1) is 51.1 Å². The van der Waals surface area contributed by atoms with Crippen molar-refractivity contribution in [2.24, 2.45) is 0 Å². The first-order valence-electron chi connectivity index (χ1n) is 17.0. The van der Waals surface area contributed by atoms with E-state index in [0.29, 0.717) is 16.7 Å². The summed E-state index contributed by atoms with van der Waals surface area (Å²) >= 11 is 0. The Morgan fingerprint density at radius 2 is 1.25 bits per heavy atom. The smallest absolute Gasteiger partial charge is 0.101 e. The maximum Gasteiger partial charge on any atom is 0.101 e. The van der Waals surface area contributed by atoms with E-state index in [2.05, 4.69) is 113 Å². The molecular formula is C46H29N5. The molecule has 0 saturated heterocycles. The van der Waals surface area contributed by atoms with Crippen molar-refractivity contribution in [2.75, 3.05) is 0 Å². The van der Waals surface area contributed by atoms with E-state index in [1.165, 1.54) is 5.69 Å². The molecule has 1 aliphatic carbocycles. The van der Waals surface area contributed by atoms with Crippen molar-refractivity contribution in [3.8, 4) is 51.8 Å². The van der Waals surface area contributed by atoms with Gasteiger partial charge in [-0.25, -0.2) is 0 Å². The summed E-state index contributed by atoms with van der Waals surface area (Å²) in [6, 6.07) is 50.1. The zero-order valence-corrected chi connectivity index (χ0v) is 27.8. The molecule has 9 rings (SSSR count). The van der Waals surface area contributed by atoms with E-state index in [0.717, 1.165) is 78.3 Å². The second-order valence-corrected chi connectivity index (χ2v) is 13.2. The van der Waals surface area contributed by atoms with Gasteiger partial charge >= 0.3 is 0 Å². The SMILES string of the molecule is CC1CC=Cc2c1n(-c1ccc(C#N)cc1-c1ccc(-c3ccc(-n4c5ccccc5c5cc(C#N)ccc54)cc3)cc1)c1c(C#N)cccc21. The number of rotatable bonds is 4. The van der Waals surface area contributed by atoms with Crippen molar-refractivity contribution >= 4 is 38.8 Å². The summed E-state index contributed by atoms with van der Waals surface area (Å²) in [5.74, 6) is 0.260. The lowest BCUT2D eigenvalue weighted by Crippen LogP contribution is -2.08. The second kappa shape index (κ2) is 11.8. The van der Waals surface area contributed by atoms with E-state index in [9.17, 15) is 15.8 Å². The standard InChI is InChI=1S/C46H29N5/c1-29-6-4-9-38-39-10-5-7-35(28-49)46(39)51(45(29)38)43-22-12-30(26-47)24-40(43)34-16-14-32(15-17-34)33-18-20-36(21-19-33)50-42-11-3-2-8-37(42)41-25-31(27-48)13-23-44(41)50/h2-5,7-25,29H,6H2,1H3. The number of hydrogen-bond acceptors (Lipinski definition) is 3. The van der Waals surface area contributed by atoms with Crippen molar-refractivity contribution in [2.45, 2.75) is 19.3 Å². The highest BCUT2D eigenvalue weighted by Crippen LogP contribution is 2.43. The molecular weight excluding hydrogens is 623 g/mol. The quantitative estimate of drug-likeness (QED) is 0.190. The highest BCUT2D eigenvalue weighted by Gasteiger charge is 2.26. The molecule has 1 aliphatic rings. The Kier molecular flexibility index (Phi) is 6.92. The third-order valence-corrected chi connectivity index (χ3v) is 10.3. The van der Waals surface area contributed by atoms with Crippen molar-refractivity contribution in [3.05, 3.63) is 161 Å². The number of fused-ring (bicyclic) bond motifs is 6. The number of benzene rings is 6. The second-order valence-electron chi connectivity index (χ2n) is 13.2. The summed E-state index contributed by atoms with van der Waals surface area (Å²) in [6.45, 7) is 2.24. The van der Waals surface area contributed by atoms with Gasteiger partial charge in [-0.3, -0.25) is 0 Å². The molecule has 1 atom stereocenters. The van der Waals surface area contributed by atoms with Crippen LogP contribution in [0.2, 0.25) is 0 Å². The van der Waals surface area contributed by atoms with Crippen LogP contribution < -0.4 is 0 Å². The van der Waals surface area contributed by atoms with Crippen molar-refractivity contribution in [3.63, 3.8) is 0 Å². The van der Waals surface area contributed by atoms with Crippen LogP contribution in [0.3, 0.4) is 0 Å². The Labute approximate surface area is 295 Å². The molecule has 6 aromatic carbocycles. The van der Waals surface area contributed by atoms with Crippen LogP contribution in [0.4, 0.5) is 0 Å². The van der Waals surface area contributed by atoms with Gasteiger partial charge in [0.25, 0.3) is 0 Å². The van der Waals surface area contributed by atoms with Crippen LogP contribution in [0, 0.1) is 34.0 Å². The number of nitriles is 3. The molecule has 0 amide bonds. The third kappa shape index (κ3) is 4.67. The molecule has 0 bridgehead atoms. The third-order valence-electron chi connectivity index (χ3n) is 10.3. The fourth-order valence-electron chi connectivity index (χ4n) is 7.88. The number of aromatic nitrogens is 2. The Hall–Kier alpha value is -7.13. The average molecular weight is 652 g/mol. The molecule has 5 nitrogen and oxygen atoms in total. The minimum absolute atomic E-state index is 0.260. The van der Waals surface area contributed by atoms with Gasteiger partial charge in [0.1, 0.15) is 6.07 Å². The van der Waals surface area contributed by atoms with Crippen LogP contribution >= 0.6 is 0 Å². The zero-order valence-electron chi connectivity index (χ0n) is 27.8. The van der Waals surface area contributed by atoms with Gasteiger partial charge in [0.2, 0.25) is 0 Å². The largest absolute Gasteiger partial charge is 0.311 e. The van der Waals surface area contributed by atoms with E-state index in [4.69, 9.17) is 0 Å². The van der Waals surface area contributed by atoms with Crippen LogP contribution in [-0.4, -0.2) is 9.13 Å². The van der Waals surface area contributed by atoms with Gasteiger partial charge < -0.3 is 9.13 Å². The molecule has 1 unspecified atom stereocenters. The van der Waals surface area contributed by atoms with E-state index in [1.54, 1.807) is 0 Å². The van der Waals surface area contributed by atoms with Crippen LogP contribution in [0.25, 0.3) is 72.4 Å². The molecule has 0 N–H and O–H groups in total. The molecule has 0 spiro atoms. The lowest BCUT2D eigenvalue weighted by atomic mass is 9.92. The maximum absolute atomic E-state index is 10.2. The maximum atomic E-state index is 10.2. The Bertz CT molecular complexity index is 2860. The van der Waals surface area contributed by atoms with Crippen LogP contribution in [0.15, 0.2) is 133 Å². The molecule has 51 heavy (non-hydrogen) atoms. The topological polar surface area (TPSA) is 81.2 Å². The molecule has 2 aromatic heterocycles. The van der Waals surface area contributed by atoms with Crippen molar-refractivity contribution < 1.29 is 0 Å². The molecule has 238 valence electrons. The van der Waals surface area contributed by atoms with Gasteiger partial charge in [-0.1, -0.05) is 85.8 Å². The minimum Gasteiger partial charge on any atom is -0.311 e. The van der Waals surface area contributed by atoms with E-state index >= 15 is 0 Å². The molecule has 0 aliphatic heterocycles. The van der Waals surface area contributed by atoms with Gasteiger partial charge in [-0.05, 0) is 83.8 Å². The first-order chi connectivity index (χ1) is 25.1. The van der Waals surface area contributed by atoms with Crippen LogP contribution in [0.1, 0.15) is 47.2 Å². The van der Waals surface area contributed by atoms with Crippen LogP contribution in [-0.2, 0) is 0 Å². The average Bonchev–Trinajstić information content (AvgIpc) is 3.71. The summed E-state index contributed by atoms with van der Waals surface area (Å²) in [6.07, 6.45) is 5.32. The summed E-state index contributed by atoms with van der Waals surface area (Å²) in [5, 5.41) is 32.9. The number of allylic oxidation sites excluding steroid dienone is 1. The predicted molar refractivity (Wildman–Crippen MR) is 205 cm³/mol. The highest BCUT2D eigenvalue weighted by molar-refractivity contribution is 6.09. The Balaban J connectivity index is 1.13. The number of hydrogen-bond donors (Lipinski definition) is 0. The Morgan fingerprint density at radius 3 is 2.02 bits per heavy atom. The van der Waals surface area contributed by atoms with E-state index in [1.807, 2.05) is 60.7 Å². The summed E-state index contributed by atoms with van der Waals surface area (Å²) in [4.78, 5) is 0. The summed E-state index contributed by atoms with van der Waals surface area (Å²) in [7, 11) is 0. The molecule has 0 fully saturated rings. The number of para-hydroxylation sites is 2. The van der Waals surface area contributed by atoms with E-state index in [-0.39, 0.29) is 5.92 Å². The van der Waals surface area contributed by atoms with Crippen molar-refractivity contribution in [1.82, 2.24) is 9.13 Å². The first-order valence-corrected chi connectivity index (χ1v) is 17.0. The van der Waals surface area contributed by atoms with E-state index < -0.39 is 0 Å². The Morgan fingerprint density at radius 1 is 0.588 bits per heavy atom. The normalized spacial score (nSPS) is 13.6. The molecule has 8 aromatic rings. The fourth-order valence-corrected chi connectivity index (χ4v) is 7.88. The molecule has 5 heteroatoms. The monoisotopic (exact) mass is 651 g/mol. The molecule has 0 radical (unpaired) electrons. The summed E-state index contributed by atoms with van der Waals surface area (Å²) < 4.78 is 4.51. The molecule has 0 saturated carbocycles. The van der Waals surface area contributed by atoms with Crippen molar-refractivity contribution in [1.29, 1.82) is 15.8 Å². The first kappa shape index (κ1) is 30.0. The van der Waals surface area contributed by atoms with Gasteiger partial charge in [-0.2, -0.15) is 15.8 Å². The predicted octanol–water partition coefficient (Wildman–Crippen LogP) is 11.2. The van der Waals surface area contributed by atoms with Gasteiger partial charge in [-0.15, -0.1) is 0 Å². The van der Waals surface area contributed by atoms with Gasteiger partial charge in [0.15, 0.2) is 0 Å². The lowest BCUT2D eigenvalue weighted by Gasteiger charge is -2.22. The molecule has 2 heterocycles. The van der Waals surface area contributed by atoms with Gasteiger partial charge in [0, 0.05) is 44.6 Å². The highest BCUT2D eigenvalue weighted by atomic mass is 15.0. The number of nitrogens with zero attached hydrogens (tertiary/aromatic N) is 5. The summed E-state index contributed by atoms with van der Waals surface area (Å²) in [5.41, 5.74) is 13.4.